The van der Waals surface area contributed by atoms with E-state index < -0.39 is 10.8 Å². The van der Waals surface area contributed by atoms with Crippen LogP contribution in [0.3, 0.4) is 0 Å². The molecule has 1 heterocycles. The molecule has 0 aliphatic heterocycles. The molecule has 156 valence electrons. The molecule has 3 rings (SSSR count). The molecule has 0 spiro atoms. The third kappa shape index (κ3) is 4.60. The lowest BCUT2D eigenvalue weighted by Crippen LogP contribution is -2.14. The Labute approximate surface area is 185 Å². The highest BCUT2D eigenvalue weighted by Crippen LogP contribution is 2.36. The van der Waals surface area contributed by atoms with Crippen LogP contribution in [-0.2, 0) is 0 Å². The van der Waals surface area contributed by atoms with Crippen molar-refractivity contribution in [2.24, 2.45) is 0 Å². The highest BCUT2D eigenvalue weighted by Gasteiger charge is 2.25. The van der Waals surface area contributed by atoms with Crippen molar-refractivity contribution in [2.45, 2.75) is 13.8 Å². The van der Waals surface area contributed by atoms with Crippen molar-refractivity contribution in [2.75, 3.05) is 19.0 Å². The van der Waals surface area contributed by atoms with Crippen LogP contribution in [0.5, 0.6) is 11.5 Å². The van der Waals surface area contributed by atoms with Crippen LogP contribution < -0.4 is 14.8 Å². The molecule has 0 aliphatic rings. The highest BCUT2D eigenvalue weighted by atomic mass is 79.9. The van der Waals surface area contributed by atoms with Gasteiger partial charge in [0.15, 0.2) is 16.6 Å². The van der Waals surface area contributed by atoms with Gasteiger partial charge in [0.1, 0.15) is 5.56 Å². The normalized spacial score (nSPS) is 10.5. The Kier molecular flexibility index (Phi) is 6.68. The number of anilines is 1. The number of thiazole rings is 1. The van der Waals surface area contributed by atoms with Crippen LogP contribution in [0.4, 0.5) is 10.8 Å². The summed E-state index contributed by atoms with van der Waals surface area (Å²) < 4.78 is 11.5. The number of aryl methyl sites for hydroxylation is 1. The predicted octanol–water partition coefficient (Wildman–Crippen LogP) is 5.45. The van der Waals surface area contributed by atoms with Gasteiger partial charge in [-0.1, -0.05) is 28.1 Å². The Morgan fingerprint density at radius 2 is 1.97 bits per heavy atom. The Hall–Kier alpha value is -2.98. The van der Waals surface area contributed by atoms with Gasteiger partial charge in [0.05, 0.1) is 30.4 Å². The molecule has 0 fully saturated rings. The molecule has 2 aromatic carbocycles. The minimum absolute atomic E-state index is 0.137. The zero-order valence-electron chi connectivity index (χ0n) is 16.4. The van der Waals surface area contributed by atoms with E-state index in [-0.39, 0.29) is 22.7 Å². The molecule has 0 radical (unpaired) electrons. The van der Waals surface area contributed by atoms with Crippen molar-refractivity contribution in [3.05, 3.63) is 61.4 Å². The van der Waals surface area contributed by atoms with Crippen molar-refractivity contribution in [1.29, 1.82) is 0 Å². The maximum absolute atomic E-state index is 12.8. The number of nitrogens with zero attached hydrogens (tertiary/aromatic N) is 2. The van der Waals surface area contributed by atoms with E-state index in [1.54, 1.807) is 6.92 Å². The van der Waals surface area contributed by atoms with E-state index in [9.17, 15) is 14.9 Å². The third-order valence-corrected chi connectivity index (χ3v) is 5.57. The van der Waals surface area contributed by atoms with Gasteiger partial charge in [-0.3, -0.25) is 20.2 Å². The Balaban J connectivity index is 1.94. The summed E-state index contributed by atoms with van der Waals surface area (Å²) in [6.45, 7) is 3.98. The van der Waals surface area contributed by atoms with Crippen LogP contribution in [0.2, 0.25) is 0 Å². The number of methoxy groups -OCH3 is 1. The summed E-state index contributed by atoms with van der Waals surface area (Å²) in [7, 11) is 1.38. The number of amides is 1. The number of benzene rings is 2. The second-order valence-electron chi connectivity index (χ2n) is 6.10. The van der Waals surface area contributed by atoms with E-state index >= 15 is 0 Å². The number of nitro groups is 1. The largest absolute Gasteiger partial charge is 0.493 e. The minimum atomic E-state index is -0.651. The summed E-state index contributed by atoms with van der Waals surface area (Å²) in [4.78, 5) is 29.1. The lowest BCUT2D eigenvalue weighted by molar-refractivity contribution is -0.385. The predicted molar refractivity (Wildman–Crippen MR) is 119 cm³/mol. The number of aromatic nitrogens is 1. The van der Waals surface area contributed by atoms with Gasteiger partial charge >= 0.3 is 0 Å². The van der Waals surface area contributed by atoms with Gasteiger partial charge in [0.25, 0.3) is 11.6 Å². The first-order valence-electron chi connectivity index (χ1n) is 8.88. The van der Waals surface area contributed by atoms with Gasteiger partial charge in [0, 0.05) is 21.0 Å². The van der Waals surface area contributed by atoms with Crippen LogP contribution >= 0.6 is 27.3 Å². The summed E-state index contributed by atoms with van der Waals surface area (Å²) in [6.07, 6.45) is 0. The number of nitro benzene ring substituents is 1. The number of nitrogens with one attached hydrogen (secondary N) is 1. The van der Waals surface area contributed by atoms with E-state index in [1.165, 1.54) is 30.6 Å². The number of hydrogen-bond donors (Lipinski definition) is 1. The maximum atomic E-state index is 12.8. The van der Waals surface area contributed by atoms with Gasteiger partial charge in [-0.15, -0.1) is 11.3 Å². The molecule has 8 nitrogen and oxygen atoms in total. The number of carbonyl (C=O) groups is 1. The molecule has 10 heteroatoms. The zero-order chi connectivity index (χ0) is 21.8. The Bertz CT molecular complexity index is 1100. The average molecular weight is 492 g/mol. The summed E-state index contributed by atoms with van der Waals surface area (Å²) in [5, 5.41) is 14.5. The van der Waals surface area contributed by atoms with E-state index in [2.05, 4.69) is 26.2 Å². The summed E-state index contributed by atoms with van der Waals surface area (Å²) >= 11 is 4.69. The first-order chi connectivity index (χ1) is 14.3. The smallest absolute Gasteiger partial charge is 0.286 e. The number of rotatable bonds is 7. The second kappa shape index (κ2) is 9.23. The molecule has 0 atom stereocenters. The van der Waals surface area contributed by atoms with E-state index in [0.29, 0.717) is 11.7 Å². The van der Waals surface area contributed by atoms with Gasteiger partial charge in [-0.2, -0.15) is 0 Å². The van der Waals surface area contributed by atoms with Crippen LogP contribution in [0.25, 0.3) is 11.3 Å². The van der Waals surface area contributed by atoms with Crippen LogP contribution in [0, 0.1) is 17.0 Å². The molecule has 1 aromatic heterocycles. The maximum Gasteiger partial charge on any atom is 0.286 e. The molecule has 0 bridgehead atoms. The average Bonchev–Trinajstić information content (AvgIpc) is 3.08. The van der Waals surface area contributed by atoms with Crippen molar-refractivity contribution in [3.63, 3.8) is 0 Å². The highest BCUT2D eigenvalue weighted by molar-refractivity contribution is 9.10. The van der Waals surface area contributed by atoms with Crippen LogP contribution in [0.15, 0.2) is 40.9 Å². The topological polar surface area (TPSA) is 104 Å². The standard InChI is InChI=1S/C20H18BrN3O5S/c1-4-29-17-9-14(15(24(26)27)10-16(17)28-3)19(25)23-20-22-18(11(2)30-20)12-5-7-13(21)8-6-12/h5-10H,4H2,1-3H3,(H,22,23,25). The molecule has 0 unspecified atom stereocenters. The van der Waals surface area contributed by atoms with Gasteiger partial charge in [0.2, 0.25) is 0 Å². The SMILES string of the molecule is CCOc1cc(C(=O)Nc2nc(-c3ccc(Br)cc3)c(C)s2)c([N+](=O)[O-])cc1OC. The number of hydrogen-bond acceptors (Lipinski definition) is 7. The van der Waals surface area contributed by atoms with Gasteiger partial charge < -0.3 is 9.47 Å². The molecule has 0 saturated heterocycles. The quantitative estimate of drug-likeness (QED) is 0.348. The molecule has 0 saturated carbocycles. The van der Waals surface area contributed by atoms with Crippen molar-refractivity contribution in [1.82, 2.24) is 4.98 Å². The zero-order valence-corrected chi connectivity index (χ0v) is 18.8. The first-order valence-corrected chi connectivity index (χ1v) is 10.5. The third-order valence-electron chi connectivity index (χ3n) is 4.16. The molecular formula is C20H18BrN3O5S. The molecule has 30 heavy (non-hydrogen) atoms. The van der Waals surface area contributed by atoms with Crippen LogP contribution in [-0.4, -0.2) is 29.5 Å². The molecule has 3 aromatic rings. The van der Waals surface area contributed by atoms with Crippen molar-refractivity contribution in [3.8, 4) is 22.8 Å². The number of ether oxygens (including phenoxy) is 2. The molecule has 0 aliphatic carbocycles. The summed E-state index contributed by atoms with van der Waals surface area (Å²) in [6, 6.07) is 10.1. The molecule has 1 N–H and O–H groups in total. The number of halogens is 1. The lowest BCUT2D eigenvalue weighted by atomic mass is 10.1. The molecule has 1 amide bonds. The second-order valence-corrected chi connectivity index (χ2v) is 8.21. The lowest BCUT2D eigenvalue weighted by Gasteiger charge is -2.11. The fraction of sp³-hybridized carbons (Fsp3) is 0.200. The Morgan fingerprint density at radius 1 is 1.27 bits per heavy atom. The monoisotopic (exact) mass is 491 g/mol. The Morgan fingerprint density at radius 3 is 2.57 bits per heavy atom. The van der Waals surface area contributed by atoms with Gasteiger partial charge in [-0.05, 0) is 26.0 Å². The van der Waals surface area contributed by atoms with E-state index in [0.717, 1.165) is 20.6 Å². The summed E-state index contributed by atoms with van der Waals surface area (Å²) in [5.74, 6) is -0.217. The fourth-order valence-electron chi connectivity index (χ4n) is 2.80. The summed E-state index contributed by atoms with van der Waals surface area (Å²) in [5.41, 5.74) is 1.13. The first kappa shape index (κ1) is 21.7. The van der Waals surface area contributed by atoms with E-state index in [4.69, 9.17) is 9.47 Å². The minimum Gasteiger partial charge on any atom is -0.493 e. The molecular weight excluding hydrogens is 474 g/mol. The van der Waals surface area contributed by atoms with Crippen molar-refractivity contribution < 1.29 is 19.2 Å². The fourth-order valence-corrected chi connectivity index (χ4v) is 3.90. The van der Waals surface area contributed by atoms with E-state index in [1.807, 2.05) is 31.2 Å². The number of carbonyl (C=O) groups excluding carboxylic acids is 1. The van der Waals surface area contributed by atoms with Crippen LogP contribution in [0.1, 0.15) is 22.2 Å². The van der Waals surface area contributed by atoms with Crippen molar-refractivity contribution >= 4 is 44.0 Å². The van der Waals surface area contributed by atoms with Gasteiger partial charge in [-0.25, -0.2) is 4.98 Å².